The van der Waals surface area contributed by atoms with Crippen molar-refractivity contribution in [2.24, 2.45) is 0 Å². The summed E-state index contributed by atoms with van der Waals surface area (Å²) >= 11 is 0. The van der Waals surface area contributed by atoms with Gasteiger partial charge in [-0.3, -0.25) is 9.36 Å². The van der Waals surface area contributed by atoms with Crippen LogP contribution in [0.15, 0.2) is 36.4 Å². The van der Waals surface area contributed by atoms with E-state index in [1.807, 2.05) is 24.3 Å². The van der Waals surface area contributed by atoms with E-state index in [-0.39, 0.29) is 29.4 Å². The molecule has 0 aliphatic heterocycles. The van der Waals surface area contributed by atoms with Gasteiger partial charge in [-0.2, -0.15) is 5.26 Å². The zero-order valence-electron chi connectivity index (χ0n) is 13.9. The molecule has 0 amide bonds. The first-order valence-corrected chi connectivity index (χ1v) is 8.73. The lowest BCUT2D eigenvalue weighted by atomic mass is 9.67. The minimum absolute atomic E-state index is 0.00885. The van der Waals surface area contributed by atoms with Crippen LogP contribution in [0.25, 0.3) is 16.5 Å². The molecule has 1 fully saturated rings. The molecule has 3 aliphatic rings. The fraction of sp³-hybridized carbons (Fsp3) is 0.238. The first kappa shape index (κ1) is 15.0. The van der Waals surface area contributed by atoms with E-state index in [0.29, 0.717) is 28.8 Å². The number of nitrogens with zero attached hydrogens (tertiary/aromatic N) is 2. The highest BCUT2D eigenvalue weighted by Crippen LogP contribution is 2.56. The van der Waals surface area contributed by atoms with Gasteiger partial charge in [0.1, 0.15) is 5.78 Å². The van der Waals surface area contributed by atoms with E-state index in [9.17, 15) is 20.3 Å². The van der Waals surface area contributed by atoms with Crippen LogP contribution < -0.4 is 0 Å². The van der Waals surface area contributed by atoms with E-state index in [1.54, 1.807) is 12.1 Å². The largest absolute Gasteiger partial charge is 0.494 e. The average Bonchev–Trinajstić information content (AvgIpc) is 2.94. The van der Waals surface area contributed by atoms with E-state index < -0.39 is 0 Å². The summed E-state index contributed by atoms with van der Waals surface area (Å²) in [6.07, 6.45) is 2.01. The van der Waals surface area contributed by atoms with E-state index in [4.69, 9.17) is 0 Å². The van der Waals surface area contributed by atoms with Crippen molar-refractivity contribution in [1.82, 2.24) is 4.57 Å². The van der Waals surface area contributed by atoms with Crippen LogP contribution in [0.2, 0.25) is 0 Å². The van der Waals surface area contributed by atoms with Crippen LogP contribution >= 0.6 is 0 Å². The average molecular weight is 344 g/mol. The first-order chi connectivity index (χ1) is 12.6. The number of hydrogen-bond acceptors (Lipinski definition) is 4. The number of carbonyl (C=O) groups excluding carboxylic acids is 1. The molecule has 1 heterocycles. The fourth-order valence-electron chi connectivity index (χ4n) is 4.70. The molecule has 0 unspecified atom stereocenters. The van der Waals surface area contributed by atoms with E-state index >= 15 is 0 Å². The maximum Gasteiger partial charge on any atom is 0.202 e. The standard InChI is InChI=1S/C21H16N2O3/c22-10-12-6-8-16(14-4-2-1-3-13(12)14)23-20(25)18-11-5-7-15(17(24)9-11)19(18)21(23)26/h1-4,6,8,11,15,25-26H,5,7,9H2/t11-,15+/m0/s1. The van der Waals surface area contributed by atoms with Crippen molar-refractivity contribution < 1.29 is 15.0 Å². The van der Waals surface area contributed by atoms with E-state index in [2.05, 4.69) is 6.07 Å². The molecule has 5 nitrogen and oxygen atoms in total. The molecule has 0 radical (unpaired) electrons. The number of ketones is 1. The number of benzene rings is 2. The molecule has 2 bridgehead atoms. The van der Waals surface area contributed by atoms with Crippen LogP contribution in [0.5, 0.6) is 11.8 Å². The topological polar surface area (TPSA) is 86.2 Å². The van der Waals surface area contributed by atoms with Crippen molar-refractivity contribution >= 4 is 16.6 Å². The monoisotopic (exact) mass is 344 g/mol. The molecule has 2 aromatic carbocycles. The number of carbonyl (C=O) groups is 1. The third-order valence-electron chi connectivity index (χ3n) is 5.85. The van der Waals surface area contributed by atoms with Gasteiger partial charge in [0.2, 0.25) is 11.8 Å². The van der Waals surface area contributed by atoms with Gasteiger partial charge in [0.15, 0.2) is 0 Å². The third-order valence-corrected chi connectivity index (χ3v) is 5.85. The zero-order valence-corrected chi connectivity index (χ0v) is 13.9. The summed E-state index contributed by atoms with van der Waals surface area (Å²) in [6.45, 7) is 0. The molecule has 2 atom stereocenters. The number of aromatic hydroxyl groups is 2. The number of rotatable bonds is 1. The molecular formula is C21H16N2O3. The second-order valence-corrected chi connectivity index (χ2v) is 7.10. The van der Waals surface area contributed by atoms with Gasteiger partial charge in [-0.1, -0.05) is 24.3 Å². The summed E-state index contributed by atoms with van der Waals surface area (Å²) in [5.41, 5.74) is 2.45. The second kappa shape index (κ2) is 5.12. The van der Waals surface area contributed by atoms with Gasteiger partial charge in [-0.25, -0.2) is 0 Å². The summed E-state index contributed by atoms with van der Waals surface area (Å²) in [5, 5.41) is 32.7. The van der Waals surface area contributed by atoms with Crippen molar-refractivity contribution in [2.75, 3.05) is 0 Å². The number of fused-ring (bicyclic) bond motifs is 3. The van der Waals surface area contributed by atoms with Crippen LogP contribution in [0.3, 0.4) is 0 Å². The van der Waals surface area contributed by atoms with Crippen molar-refractivity contribution in [2.45, 2.75) is 31.1 Å². The lowest BCUT2D eigenvalue weighted by Gasteiger charge is -2.34. The molecule has 5 heteroatoms. The number of hydrogen-bond donors (Lipinski definition) is 2. The minimum atomic E-state index is -0.327. The SMILES string of the molecule is N#Cc1ccc(-n2c(O)c3c(c2O)[C@@H]2CC[C@H]3CC2=O)c2ccccc12. The van der Waals surface area contributed by atoms with Crippen molar-refractivity contribution in [3.8, 4) is 23.5 Å². The van der Waals surface area contributed by atoms with Gasteiger partial charge in [-0.15, -0.1) is 0 Å². The van der Waals surface area contributed by atoms with Gasteiger partial charge < -0.3 is 10.2 Å². The Kier molecular flexibility index (Phi) is 2.96. The lowest BCUT2D eigenvalue weighted by Crippen LogP contribution is -2.28. The Morgan fingerprint density at radius 2 is 1.73 bits per heavy atom. The molecule has 3 aromatic rings. The van der Waals surface area contributed by atoms with Gasteiger partial charge in [0.25, 0.3) is 0 Å². The molecule has 3 aliphatic carbocycles. The Labute approximate surface area is 149 Å². The minimum Gasteiger partial charge on any atom is -0.494 e. The molecular weight excluding hydrogens is 328 g/mol. The molecule has 1 aromatic heterocycles. The highest BCUT2D eigenvalue weighted by Gasteiger charge is 2.45. The molecule has 0 saturated heterocycles. The Morgan fingerprint density at radius 1 is 1.00 bits per heavy atom. The normalized spacial score (nSPS) is 21.0. The van der Waals surface area contributed by atoms with Crippen LogP contribution in [0.1, 0.15) is 47.8 Å². The first-order valence-electron chi connectivity index (χ1n) is 8.73. The van der Waals surface area contributed by atoms with Crippen molar-refractivity contribution in [3.05, 3.63) is 53.1 Å². The molecule has 2 N–H and O–H groups in total. The number of nitriles is 1. The summed E-state index contributed by atoms with van der Waals surface area (Å²) in [6, 6.07) is 13.0. The highest BCUT2D eigenvalue weighted by molar-refractivity contribution is 5.96. The van der Waals surface area contributed by atoms with Crippen molar-refractivity contribution in [3.63, 3.8) is 0 Å². The molecule has 1 saturated carbocycles. The lowest BCUT2D eigenvalue weighted by molar-refractivity contribution is -0.123. The summed E-state index contributed by atoms with van der Waals surface area (Å²) < 4.78 is 1.43. The van der Waals surface area contributed by atoms with E-state index in [0.717, 1.165) is 23.6 Å². The maximum absolute atomic E-state index is 12.3. The maximum atomic E-state index is 12.3. The summed E-state index contributed by atoms with van der Waals surface area (Å²) in [5.74, 6) is -0.262. The predicted molar refractivity (Wildman–Crippen MR) is 95.7 cm³/mol. The summed E-state index contributed by atoms with van der Waals surface area (Å²) in [7, 11) is 0. The Morgan fingerprint density at radius 3 is 2.46 bits per heavy atom. The highest BCUT2D eigenvalue weighted by atomic mass is 16.3. The second-order valence-electron chi connectivity index (χ2n) is 7.10. The Balaban J connectivity index is 1.84. The summed E-state index contributed by atoms with van der Waals surface area (Å²) in [4.78, 5) is 12.3. The third kappa shape index (κ3) is 1.76. The van der Waals surface area contributed by atoms with Crippen LogP contribution in [0.4, 0.5) is 0 Å². The molecule has 6 rings (SSSR count). The van der Waals surface area contributed by atoms with Crippen LogP contribution in [-0.4, -0.2) is 20.6 Å². The van der Waals surface area contributed by atoms with Crippen LogP contribution in [-0.2, 0) is 4.79 Å². The van der Waals surface area contributed by atoms with Gasteiger partial charge in [0, 0.05) is 34.2 Å². The molecule has 128 valence electrons. The Bertz CT molecular complexity index is 1140. The van der Waals surface area contributed by atoms with E-state index in [1.165, 1.54) is 4.57 Å². The smallest absolute Gasteiger partial charge is 0.202 e. The Hall–Kier alpha value is -3.26. The molecule has 0 spiro atoms. The van der Waals surface area contributed by atoms with Gasteiger partial charge in [-0.05, 0) is 30.9 Å². The van der Waals surface area contributed by atoms with Gasteiger partial charge in [0.05, 0.1) is 17.3 Å². The van der Waals surface area contributed by atoms with Crippen LogP contribution in [0, 0.1) is 11.3 Å². The van der Waals surface area contributed by atoms with Crippen molar-refractivity contribution in [1.29, 1.82) is 5.26 Å². The quantitative estimate of drug-likeness (QED) is 0.702. The fourth-order valence-corrected chi connectivity index (χ4v) is 4.70. The number of Topliss-reactive ketones (excluding diaryl/α,β-unsaturated/α-hetero) is 1. The number of aromatic nitrogens is 1. The van der Waals surface area contributed by atoms with Gasteiger partial charge >= 0.3 is 0 Å². The zero-order chi connectivity index (χ0) is 18.0. The molecule has 26 heavy (non-hydrogen) atoms. The predicted octanol–water partition coefficient (Wildman–Crippen LogP) is 3.85.